The SMILES string of the molecule is Cc1cncc(Cl)c1N1CCN(C(=O)CNc2c(-c3ccc(N4CCOCC4)nc3)nc3cnccn23)CC1. The van der Waals surface area contributed by atoms with Crippen molar-refractivity contribution in [3.05, 3.63) is 59.9 Å². The summed E-state index contributed by atoms with van der Waals surface area (Å²) in [7, 11) is 0. The van der Waals surface area contributed by atoms with Crippen molar-refractivity contribution >= 4 is 40.5 Å². The molecule has 11 nitrogen and oxygen atoms in total. The van der Waals surface area contributed by atoms with Gasteiger partial charge in [-0.2, -0.15) is 0 Å². The Labute approximate surface area is 231 Å². The molecule has 2 aliphatic rings. The number of nitrogens with one attached hydrogen (secondary N) is 1. The Balaban J connectivity index is 1.15. The van der Waals surface area contributed by atoms with Gasteiger partial charge in [0.25, 0.3) is 0 Å². The first kappa shape index (κ1) is 25.3. The van der Waals surface area contributed by atoms with Gasteiger partial charge in [-0.3, -0.25) is 19.2 Å². The maximum Gasteiger partial charge on any atom is 0.242 e. The van der Waals surface area contributed by atoms with E-state index in [0.717, 1.165) is 47.2 Å². The molecule has 1 N–H and O–H groups in total. The lowest BCUT2D eigenvalue weighted by Gasteiger charge is -2.37. The van der Waals surface area contributed by atoms with Gasteiger partial charge in [-0.15, -0.1) is 0 Å². The van der Waals surface area contributed by atoms with Gasteiger partial charge in [0, 0.05) is 75.8 Å². The third-order valence-electron chi connectivity index (χ3n) is 7.20. The number of imidazole rings is 1. The Morgan fingerprint density at radius 1 is 1.00 bits per heavy atom. The largest absolute Gasteiger partial charge is 0.378 e. The Hall–Kier alpha value is -3.96. The number of fused-ring (bicyclic) bond motifs is 1. The normalized spacial score (nSPS) is 16.1. The average molecular weight is 548 g/mol. The minimum atomic E-state index is 0.0305. The summed E-state index contributed by atoms with van der Waals surface area (Å²) in [4.78, 5) is 37.4. The van der Waals surface area contributed by atoms with Gasteiger partial charge in [0.2, 0.25) is 5.91 Å². The molecule has 0 aromatic carbocycles. The fourth-order valence-electron chi connectivity index (χ4n) is 5.16. The standard InChI is InChI=1S/C27H30ClN9O2/c1-19-14-30-16-21(28)26(19)36-8-6-35(7-9-36)24(38)18-32-27-25(33-23-17-29-4-5-37(23)27)20-2-3-22(31-15-20)34-10-12-39-13-11-34/h2-5,14-17,32H,6-13,18H2,1H3. The predicted octanol–water partition coefficient (Wildman–Crippen LogP) is 2.75. The number of anilines is 3. The van der Waals surface area contributed by atoms with Crippen LogP contribution in [0.4, 0.5) is 17.3 Å². The number of hydrogen-bond acceptors (Lipinski definition) is 9. The Kier molecular flexibility index (Phi) is 7.16. The number of nitrogens with zero attached hydrogens (tertiary/aromatic N) is 8. The minimum Gasteiger partial charge on any atom is -0.378 e. The van der Waals surface area contributed by atoms with Crippen LogP contribution in [0.5, 0.6) is 0 Å². The van der Waals surface area contributed by atoms with E-state index in [1.54, 1.807) is 18.6 Å². The second-order valence-electron chi connectivity index (χ2n) is 9.63. The van der Waals surface area contributed by atoms with Crippen LogP contribution in [0.25, 0.3) is 16.9 Å². The molecule has 4 aromatic rings. The molecule has 6 rings (SSSR count). The number of rotatable bonds is 6. The number of carbonyl (C=O) groups is 1. The lowest BCUT2D eigenvalue weighted by molar-refractivity contribution is -0.129. The third-order valence-corrected chi connectivity index (χ3v) is 7.47. The van der Waals surface area contributed by atoms with Gasteiger partial charge >= 0.3 is 0 Å². The number of ether oxygens (including phenoxy) is 1. The predicted molar refractivity (Wildman–Crippen MR) is 151 cm³/mol. The number of halogens is 1. The van der Waals surface area contributed by atoms with Crippen LogP contribution in [-0.4, -0.2) is 94.2 Å². The topological polar surface area (TPSA) is 104 Å². The molecule has 0 bridgehead atoms. The molecule has 1 amide bonds. The van der Waals surface area contributed by atoms with Gasteiger partial charge in [-0.1, -0.05) is 11.6 Å². The second kappa shape index (κ2) is 11.0. The van der Waals surface area contributed by atoms with E-state index in [4.69, 9.17) is 21.3 Å². The van der Waals surface area contributed by atoms with Gasteiger partial charge in [-0.25, -0.2) is 9.97 Å². The molecule has 39 heavy (non-hydrogen) atoms. The van der Waals surface area contributed by atoms with Crippen LogP contribution in [0.1, 0.15) is 5.56 Å². The molecule has 0 radical (unpaired) electrons. The molecule has 4 aromatic heterocycles. The highest BCUT2D eigenvalue weighted by Gasteiger charge is 2.24. The Morgan fingerprint density at radius 2 is 1.82 bits per heavy atom. The molecular formula is C27H30ClN9O2. The van der Waals surface area contributed by atoms with Crippen molar-refractivity contribution in [2.75, 3.05) is 74.1 Å². The molecule has 0 aliphatic carbocycles. The number of morpholine rings is 1. The summed E-state index contributed by atoms with van der Waals surface area (Å²) >= 11 is 6.41. The highest BCUT2D eigenvalue weighted by molar-refractivity contribution is 6.33. The second-order valence-corrected chi connectivity index (χ2v) is 10.0. The van der Waals surface area contributed by atoms with E-state index in [-0.39, 0.29) is 12.5 Å². The Bertz CT molecular complexity index is 1440. The van der Waals surface area contributed by atoms with Crippen molar-refractivity contribution in [3.63, 3.8) is 0 Å². The van der Waals surface area contributed by atoms with Gasteiger partial charge in [0.1, 0.15) is 17.3 Å². The number of amides is 1. The van der Waals surface area contributed by atoms with E-state index in [9.17, 15) is 4.79 Å². The summed E-state index contributed by atoms with van der Waals surface area (Å²) in [5.74, 6) is 1.68. The van der Waals surface area contributed by atoms with Crippen LogP contribution < -0.4 is 15.1 Å². The summed E-state index contributed by atoms with van der Waals surface area (Å²) in [6.45, 7) is 7.88. The minimum absolute atomic E-state index is 0.0305. The van der Waals surface area contributed by atoms with Crippen molar-refractivity contribution in [1.29, 1.82) is 0 Å². The molecule has 2 aliphatic heterocycles. The first-order valence-electron chi connectivity index (χ1n) is 13.1. The number of piperazine rings is 1. The maximum absolute atomic E-state index is 13.2. The van der Waals surface area contributed by atoms with Gasteiger partial charge in [0.05, 0.1) is 36.7 Å². The zero-order valence-corrected chi connectivity index (χ0v) is 22.5. The number of carbonyl (C=O) groups excluding carboxylic acids is 1. The summed E-state index contributed by atoms with van der Waals surface area (Å²) in [5.41, 5.74) is 4.31. The quantitative estimate of drug-likeness (QED) is 0.390. The molecule has 12 heteroatoms. The lowest BCUT2D eigenvalue weighted by atomic mass is 10.2. The average Bonchev–Trinajstić information content (AvgIpc) is 3.35. The van der Waals surface area contributed by atoms with E-state index in [2.05, 4.69) is 30.1 Å². The first-order valence-corrected chi connectivity index (χ1v) is 13.4. The molecule has 6 heterocycles. The van der Waals surface area contributed by atoms with Crippen LogP contribution >= 0.6 is 11.6 Å². The fourth-order valence-corrected chi connectivity index (χ4v) is 5.48. The third kappa shape index (κ3) is 5.19. The Morgan fingerprint density at radius 3 is 2.56 bits per heavy atom. The molecule has 202 valence electrons. The zero-order valence-electron chi connectivity index (χ0n) is 21.8. The van der Waals surface area contributed by atoms with Crippen LogP contribution in [0.3, 0.4) is 0 Å². The number of pyridine rings is 2. The molecule has 0 saturated carbocycles. The summed E-state index contributed by atoms with van der Waals surface area (Å²) in [6.07, 6.45) is 10.6. The first-order chi connectivity index (χ1) is 19.1. The monoisotopic (exact) mass is 547 g/mol. The molecule has 0 atom stereocenters. The number of hydrogen-bond donors (Lipinski definition) is 1. The lowest BCUT2D eigenvalue weighted by Crippen LogP contribution is -2.50. The number of aryl methyl sites for hydroxylation is 1. The summed E-state index contributed by atoms with van der Waals surface area (Å²) < 4.78 is 7.37. The fraction of sp³-hybridized carbons (Fsp3) is 0.370. The van der Waals surface area contributed by atoms with Gasteiger partial charge < -0.3 is 24.8 Å². The van der Waals surface area contributed by atoms with E-state index in [1.165, 1.54) is 0 Å². The highest BCUT2D eigenvalue weighted by atomic mass is 35.5. The van der Waals surface area contributed by atoms with E-state index < -0.39 is 0 Å². The van der Waals surface area contributed by atoms with E-state index >= 15 is 0 Å². The summed E-state index contributed by atoms with van der Waals surface area (Å²) in [6, 6.07) is 4.03. The maximum atomic E-state index is 13.2. The molecule has 2 saturated heterocycles. The van der Waals surface area contributed by atoms with Crippen LogP contribution in [0.15, 0.2) is 49.3 Å². The smallest absolute Gasteiger partial charge is 0.242 e. The van der Waals surface area contributed by atoms with Gasteiger partial charge in [-0.05, 0) is 24.6 Å². The zero-order chi connectivity index (χ0) is 26.8. The van der Waals surface area contributed by atoms with Crippen LogP contribution in [-0.2, 0) is 9.53 Å². The molecule has 0 spiro atoms. The van der Waals surface area contributed by atoms with Crippen molar-refractivity contribution in [2.45, 2.75) is 6.92 Å². The van der Waals surface area contributed by atoms with E-state index in [0.29, 0.717) is 50.1 Å². The number of aromatic nitrogens is 5. The molecule has 2 fully saturated rings. The molecule has 0 unspecified atom stereocenters. The van der Waals surface area contributed by atoms with Crippen molar-refractivity contribution in [1.82, 2.24) is 29.2 Å². The van der Waals surface area contributed by atoms with Crippen LogP contribution in [0, 0.1) is 6.92 Å². The summed E-state index contributed by atoms with van der Waals surface area (Å²) in [5, 5.41) is 3.99. The van der Waals surface area contributed by atoms with E-state index in [1.807, 2.05) is 46.9 Å². The highest BCUT2D eigenvalue weighted by Crippen LogP contribution is 2.30. The molecular weight excluding hydrogens is 518 g/mol. The van der Waals surface area contributed by atoms with Crippen molar-refractivity contribution in [2.24, 2.45) is 0 Å². The van der Waals surface area contributed by atoms with Crippen molar-refractivity contribution < 1.29 is 9.53 Å². The van der Waals surface area contributed by atoms with Gasteiger partial charge in [0.15, 0.2) is 5.65 Å². The van der Waals surface area contributed by atoms with Crippen LogP contribution in [0.2, 0.25) is 5.02 Å². The van der Waals surface area contributed by atoms with Crippen molar-refractivity contribution in [3.8, 4) is 11.3 Å².